The molecule has 9 heteroatoms. The smallest absolute Gasteiger partial charge is 0.269 e. The van der Waals surface area contributed by atoms with E-state index >= 15 is 0 Å². The molecular weight excluding hydrogens is 416 g/mol. The van der Waals surface area contributed by atoms with E-state index in [1.807, 2.05) is 48.7 Å². The summed E-state index contributed by atoms with van der Waals surface area (Å²) in [6.45, 7) is 0. The lowest BCUT2D eigenvalue weighted by atomic mass is 10.2. The van der Waals surface area contributed by atoms with Gasteiger partial charge in [0.05, 0.1) is 25.3 Å². The molecule has 8 nitrogen and oxygen atoms in total. The molecule has 0 saturated heterocycles. The zero-order valence-corrected chi connectivity index (χ0v) is 17.6. The first-order valence-electron chi connectivity index (χ1n) is 9.26. The Labute approximate surface area is 182 Å². The van der Waals surface area contributed by atoms with Crippen molar-refractivity contribution in [3.63, 3.8) is 0 Å². The van der Waals surface area contributed by atoms with E-state index < -0.39 is 4.92 Å². The Hall–Kier alpha value is -3.85. The molecule has 1 aromatic heterocycles. The lowest BCUT2D eigenvalue weighted by Crippen LogP contribution is -2.00. The zero-order chi connectivity index (χ0) is 21.8. The molecule has 0 radical (unpaired) electrons. The minimum atomic E-state index is -0.409. The topological polar surface area (TPSA) is 92.3 Å². The third-order valence-electron chi connectivity index (χ3n) is 4.56. The number of ether oxygens (including phenoxy) is 2. The summed E-state index contributed by atoms with van der Waals surface area (Å²) in [4.78, 5) is 12.3. The van der Waals surface area contributed by atoms with E-state index in [2.05, 4.69) is 10.3 Å². The van der Waals surface area contributed by atoms with E-state index in [9.17, 15) is 10.1 Å². The lowest BCUT2D eigenvalue weighted by Gasteiger charge is -2.11. The van der Waals surface area contributed by atoms with Crippen molar-refractivity contribution in [2.45, 2.75) is 9.79 Å². The van der Waals surface area contributed by atoms with Crippen LogP contribution < -0.4 is 9.47 Å². The normalized spacial score (nSPS) is 10.6. The molecule has 0 unspecified atom stereocenters. The first kappa shape index (κ1) is 20.4. The van der Waals surface area contributed by atoms with E-state index in [0.29, 0.717) is 22.9 Å². The molecule has 3 aromatic carbocycles. The molecule has 0 spiro atoms. The number of nitrogens with zero attached hydrogens (tertiary/aromatic N) is 4. The van der Waals surface area contributed by atoms with Gasteiger partial charge in [-0.15, -0.1) is 5.10 Å². The Balaban J connectivity index is 1.67. The molecule has 0 fully saturated rings. The van der Waals surface area contributed by atoms with Crippen LogP contribution in [0.15, 0.2) is 82.7 Å². The number of benzene rings is 3. The molecule has 0 aliphatic carbocycles. The molecule has 0 atom stereocenters. The predicted molar refractivity (Wildman–Crippen MR) is 117 cm³/mol. The molecule has 31 heavy (non-hydrogen) atoms. The Morgan fingerprint density at radius 2 is 1.74 bits per heavy atom. The third kappa shape index (κ3) is 4.22. The number of aromatic nitrogens is 3. The zero-order valence-electron chi connectivity index (χ0n) is 16.8. The Morgan fingerprint density at radius 3 is 2.45 bits per heavy atom. The molecule has 0 aliphatic rings. The second-order valence-electron chi connectivity index (χ2n) is 6.41. The van der Waals surface area contributed by atoms with E-state index in [1.54, 1.807) is 31.0 Å². The summed E-state index contributed by atoms with van der Waals surface area (Å²) in [7, 11) is 3.16. The standard InChI is InChI=1S/C22H18N4O4S/c1-29-20-8-5-7-19(22(20)30-2)25-14-18(23-24-25)17-6-3-4-9-21(17)31-16-12-10-15(11-13-16)26(27)28/h3-14H,1-2H3. The van der Waals surface area contributed by atoms with Crippen LogP contribution >= 0.6 is 11.8 Å². The second kappa shape index (κ2) is 8.88. The van der Waals surface area contributed by atoms with Gasteiger partial charge in [0.1, 0.15) is 11.4 Å². The van der Waals surface area contributed by atoms with E-state index in [4.69, 9.17) is 9.47 Å². The van der Waals surface area contributed by atoms with Crippen molar-refractivity contribution in [2.75, 3.05) is 14.2 Å². The van der Waals surface area contributed by atoms with Crippen LogP contribution in [0, 0.1) is 10.1 Å². The van der Waals surface area contributed by atoms with Gasteiger partial charge in [0, 0.05) is 27.5 Å². The molecule has 0 aliphatic heterocycles. The van der Waals surface area contributed by atoms with Gasteiger partial charge in [-0.05, 0) is 30.3 Å². The lowest BCUT2D eigenvalue weighted by molar-refractivity contribution is -0.384. The number of methoxy groups -OCH3 is 2. The van der Waals surface area contributed by atoms with E-state index in [0.717, 1.165) is 15.4 Å². The highest BCUT2D eigenvalue weighted by atomic mass is 32.2. The fraction of sp³-hybridized carbons (Fsp3) is 0.0909. The number of hydrogen-bond donors (Lipinski definition) is 0. The van der Waals surface area contributed by atoms with Crippen LogP contribution in [0.2, 0.25) is 0 Å². The van der Waals surface area contributed by atoms with Gasteiger partial charge in [-0.2, -0.15) is 0 Å². The van der Waals surface area contributed by atoms with Crippen molar-refractivity contribution < 1.29 is 14.4 Å². The summed E-state index contributed by atoms with van der Waals surface area (Å²) in [5.74, 6) is 1.17. The molecule has 0 amide bonds. The molecule has 4 aromatic rings. The van der Waals surface area contributed by atoms with E-state index in [1.165, 1.54) is 23.9 Å². The van der Waals surface area contributed by atoms with Crippen LogP contribution in [-0.2, 0) is 0 Å². The molecule has 156 valence electrons. The Kier molecular flexibility index (Phi) is 5.85. The van der Waals surface area contributed by atoms with Gasteiger partial charge < -0.3 is 9.47 Å². The highest BCUT2D eigenvalue weighted by molar-refractivity contribution is 7.99. The summed E-state index contributed by atoms with van der Waals surface area (Å²) in [6, 6.07) is 19.8. The molecule has 1 heterocycles. The highest BCUT2D eigenvalue weighted by Gasteiger charge is 2.16. The number of nitro benzene ring substituents is 1. The number of rotatable bonds is 7. The van der Waals surface area contributed by atoms with Gasteiger partial charge in [0.2, 0.25) is 0 Å². The maximum absolute atomic E-state index is 10.9. The largest absolute Gasteiger partial charge is 0.493 e. The summed E-state index contributed by atoms with van der Waals surface area (Å²) in [6.07, 6.45) is 1.83. The van der Waals surface area contributed by atoms with E-state index in [-0.39, 0.29) is 5.69 Å². The van der Waals surface area contributed by atoms with Crippen molar-refractivity contribution in [3.8, 4) is 28.4 Å². The number of nitro groups is 1. The summed E-state index contributed by atoms with van der Waals surface area (Å²) in [5.41, 5.74) is 2.36. The van der Waals surface area contributed by atoms with Gasteiger partial charge in [-0.1, -0.05) is 41.2 Å². The Morgan fingerprint density at radius 1 is 0.968 bits per heavy atom. The van der Waals surface area contributed by atoms with Crippen LogP contribution in [-0.4, -0.2) is 34.1 Å². The van der Waals surface area contributed by atoms with Gasteiger partial charge in [-0.3, -0.25) is 10.1 Å². The van der Waals surface area contributed by atoms with Gasteiger partial charge in [0.15, 0.2) is 11.5 Å². The van der Waals surface area contributed by atoms with Crippen molar-refractivity contribution >= 4 is 17.4 Å². The fourth-order valence-electron chi connectivity index (χ4n) is 3.09. The average molecular weight is 434 g/mol. The average Bonchev–Trinajstić information content (AvgIpc) is 3.29. The minimum absolute atomic E-state index is 0.0628. The predicted octanol–water partition coefficient (Wildman–Crippen LogP) is 5.01. The van der Waals surface area contributed by atoms with Crippen molar-refractivity contribution in [1.29, 1.82) is 0 Å². The van der Waals surface area contributed by atoms with Crippen LogP contribution in [0.5, 0.6) is 11.5 Å². The maximum atomic E-state index is 10.9. The van der Waals surface area contributed by atoms with Crippen LogP contribution in [0.4, 0.5) is 5.69 Å². The van der Waals surface area contributed by atoms with Gasteiger partial charge in [-0.25, -0.2) is 4.68 Å². The summed E-state index contributed by atoms with van der Waals surface area (Å²) >= 11 is 1.50. The van der Waals surface area contributed by atoms with Crippen molar-refractivity contribution in [1.82, 2.24) is 15.0 Å². The number of para-hydroxylation sites is 1. The summed E-state index contributed by atoms with van der Waals surface area (Å²) < 4.78 is 12.5. The highest BCUT2D eigenvalue weighted by Crippen LogP contribution is 2.37. The van der Waals surface area contributed by atoms with Crippen molar-refractivity contribution in [3.05, 3.63) is 83.0 Å². The molecule has 0 saturated carbocycles. The molecule has 0 N–H and O–H groups in total. The molecule has 0 bridgehead atoms. The van der Waals surface area contributed by atoms with Crippen molar-refractivity contribution in [2.24, 2.45) is 0 Å². The first-order valence-corrected chi connectivity index (χ1v) is 10.1. The number of non-ortho nitro benzene ring substituents is 1. The Bertz CT molecular complexity index is 1220. The quantitative estimate of drug-likeness (QED) is 0.298. The fourth-order valence-corrected chi connectivity index (χ4v) is 4.04. The third-order valence-corrected chi connectivity index (χ3v) is 5.64. The summed E-state index contributed by atoms with van der Waals surface area (Å²) in [5, 5.41) is 19.5. The molecule has 4 rings (SSSR count). The molecular formula is C22H18N4O4S. The SMILES string of the molecule is COc1cccc(-n2cc(-c3ccccc3Sc3ccc([N+](=O)[O-])cc3)nn2)c1OC. The van der Waals surface area contributed by atoms with Crippen LogP contribution in [0.1, 0.15) is 0 Å². The number of hydrogen-bond acceptors (Lipinski definition) is 7. The second-order valence-corrected chi connectivity index (χ2v) is 7.53. The van der Waals surface area contributed by atoms with Gasteiger partial charge in [0.25, 0.3) is 5.69 Å². The van der Waals surface area contributed by atoms with Crippen LogP contribution in [0.3, 0.4) is 0 Å². The first-order chi connectivity index (χ1) is 15.1. The van der Waals surface area contributed by atoms with Gasteiger partial charge >= 0.3 is 0 Å². The van der Waals surface area contributed by atoms with Crippen LogP contribution in [0.25, 0.3) is 16.9 Å². The maximum Gasteiger partial charge on any atom is 0.269 e. The monoisotopic (exact) mass is 434 g/mol. The minimum Gasteiger partial charge on any atom is -0.493 e.